The summed E-state index contributed by atoms with van der Waals surface area (Å²) in [6.45, 7) is 4.57. The number of hydrogen-bond acceptors (Lipinski definition) is 3. The quantitative estimate of drug-likeness (QED) is 0.786. The van der Waals surface area contributed by atoms with Gasteiger partial charge in [0.25, 0.3) is 0 Å². The molecule has 0 N–H and O–H groups in total. The highest BCUT2D eigenvalue weighted by molar-refractivity contribution is 5.20. The van der Waals surface area contributed by atoms with E-state index in [-0.39, 0.29) is 18.5 Å². The van der Waals surface area contributed by atoms with E-state index in [4.69, 9.17) is 14.2 Å². The molecule has 0 aromatic heterocycles. The van der Waals surface area contributed by atoms with Crippen molar-refractivity contribution >= 4 is 0 Å². The normalized spacial score (nSPS) is 30.0. The second-order valence-electron chi connectivity index (χ2n) is 4.18. The van der Waals surface area contributed by atoms with Crippen LogP contribution in [-0.2, 0) is 9.47 Å². The predicted octanol–water partition coefficient (Wildman–Crippen LogP) is 2.61. The van der Waals surface area contributed by atoms with Crippen LogP contribution in [0, 0.1) is 0 Å². The predicted molar refractivity (Wildman–Crippen MR) is 61.4 cm³/mol. The minimum atomic E-state index is -0.251. The molecule has 2 unspecified atom stereocenters. The SMILES string of the molecule is CC1CC(C)OC(COc2ccccc2)O1. The molecule has 2 atom stereocenters. The molecule has 0 saturated carbocycles. The van der Waals surface area contributed by atoms with Crippen LogP contribution in [0.15, 0.2) is 30.3 Å². The molecule has 0 amide bonds. The van der Waals surface area contributed by atoms with Crippen molar-refractivity contribution in [3.63, 3.8) is 0 Å². The van der Waals surface area contributed by atoms with Crippen molar-refractivity contribution in [2.24, 2.45) is 0 Å². The second-order valence-corrected chi connectivity index (χ2v) is 4.18. The maximum atomic E-state index is 5.63. The third kappa shape index (κ3) is 3.22. The van der Waals surface area contributed by atoms with Gasteiger partial charge in [-0.1, -0.05) is 18.2 Å². The summed E-state index contributed by atoms with van der Waals surface area (Å²) in [7, 11) is 0. The van der Waals surface area contributed by atoms with E-state index in [2.05, 4.69) is 13.8 Å². The zero-order valence-corrected chi connectivity index (χ0v) is 9.76. The van der Waals surface area contributed by atoms with Crippen molar-refractivity contribution in [1.29, 1.82) is 0 Å². The molecule has 1 aromatic rings. The Morgan fingerprint density at radius 1 is 1.12 bits per heavy atom. The average molecular weight is 222 g/mol. The number of para-hydroxylation sites is 1. The molecule has 1 heterocycles. The van der Waals surface area contributed by atoms with Crippen molar-refractivity contribution < 1.29 is 14.2 Å². The fourth-order valence-electron chi connectivity index (χ4n) is 1.89. The van der Waals surface area contributed by atoms with Crippen molar-refractivity contribution in [1.82, 2.24) is 0 Å². The number of hydrogen-bond donors (Lipinski definition) is 0. The van der Waals surface area contributed by atoms with Crippen molar-refractivity contribution in [3.05, 3.63) is 30.3 Å². The lowest BCUT2D eigenvalue weighted by molar-refractivity contribution is -0.243. The highest BCUT2D eigenvalue weighted by Crippen LogP contribution is 2.19. The van der Waals surface area contributed by atoms with Crippen LogP contribution in [0.1, 0.15) is 20.3 Å². The molecule has 0 radical (unpaired) electrons. The Balaban J connectivity index is 1.81. The molecule has 2 rings (SSSR count). The number of rotatable bonds is 3. The van der Waals surface area contributed by atoms with E-state index in [1.807, 2.05) is 30.3 Å². The maximum Gasteiger partial charge on any atom is 0.192 e. The first-order chi connectivity index (χ1) is 7.74. The van der Waals surface area contributed by atoms with Crippen LogP contribution in [0.4, 0.5) is 0 Å². The van der Waals surface area contributed by atoms with Gasteiger partial charge in [-0.3, -0.25) is 0 Å². The van der Waals surface area contributed by atoms with Crippen LogP contribution >= 0.6 is 0 Å². The largest absolute Gasteiger partial charge is 0.488 e. The first-order valence-corrected chi connectivity index (χ1v) is 5.73. The van der Waals surface area contributed by atoms with E-state index >= 15 is 0 Å². The zero-order valence-electron chi connectivity index (χ0n) is 9.76. The fourth-order valence-corrected chi connectivity index (χ4v) is 1.89. The summed E-state index contributed by atoms with van der Waals surface area (Å²) in [4.78, 5) is 0. The van der Waals surface area contributed by atoms with E-state index in [9.17, 15) is 0 Å². The van der Waals surface area contributed by atoms with E-state index in [1.54, 1.807) is 0 Å². The van der Waals surface area contributed by atoms with Crippen molar-refractivity contribution in [3.8, 4) is 5.75 Å². The van der Waals surface area contributed by atoms with Gasteiger partial charge in [-0.25, -0.2) is 0 Å². The summed E-state index contributed by atoms with van der Waals surface area (Å²) in [6, 6.07) is 9.71. The van der Waals surface area contributed by atoms with Crippen LogP contribution in [-0.4, -0.2) is 25.1 Å². The molecule has 16 heavy (non-hydrogen) atoms. The van der Waals surface area contributed by atoms with Crippen LogP contribution in [0.5, 0.6) is 5.75 Å². The number of ether oxygens (including phenoxy) is 3. The molecule has 1 aliphatic rings. The molecule has 0 spiro atoms. The Bertz CT molecular complexity index is 302. The van der Waals surface area contributed by atoms with Crippen LogP contribution in [0.25, 0.3) is 0 Å². The van der Waals surface area contributed by atoms with E-state index in [0.29, 0.717) is 6.61 Å². The van der Waals surface area contributed by atoms with E-state index in [1.165, 1.54) is 0 Å². The molecule has 88 valence electrons. The lowest BCUT2D eigenvalue weighted by atomic mass is 10.2. The molecule has 1 saturated heterocycles. The second kappa shape index (κ2) is 5.32. The summed E-state index contributed by atoms with van der Waals surface area (Å²) in [6.07, 6.45) is 1.18. The lowest BCUT2D eigenvalue weighted by Crippen LogP contribution is -2.38. The summed E-state index contributed by atoms with van der Waals surface area (Å²) < 4.78 is 16.9. The molecular formula is C13H18O3. The third-order valence-electron chi connectivity index (χ3n) is 2.56. The van der Waals surface area contributed by atoms with Gasteiger partial charge in [0.05, 0.1) is 12.2 Å². The minimum Gasteiger partial charge on any atom is -0.488 e. The van der Waals surface area contributed by atoms with Gasteiger partial charge in [-0.2, -0.15) is 0 Å². The summed E-state index contributed by atoms with van der Waals surface area (Å²) in [5, 5.41) is 0. The van der Waals surface area contributed by atoms with Gasteiger partial charge in [-0.05, 0) is 32.4 Å². The summed E-state index contributed by atoms with van der Waals surface area (Å²) in [5.74, 6) is 0.848. The monoisotopic (exact) mass is 222 g/mol. The van der Waals surface area contributed by atoms with Gasteiger partial charge in [0, 0.05) is 0 Å². The summed E-state index contributed by atoms with van der Waals surface area (Å²) in [5.41, 5.74) is 0. The third-order valence-corrected chi connectivity index (χ3v) is 2.56. The fraction of sp³-hybridized carbons (Fsp3) is 0.538. The zero-order chi connectivity index (χ0) is 11.4. The molecule has 1 aliphatic heterocycles. The molecule has 0 aliphatic carbocycles. The Labute approximate surface area is 96.3 Å². The first-order valence-electron chi connectivity index (χ1n) is 5.73. The first kappa shape index (κ1) is 11.4. The van der Waals surface area contributed by atoms with Crippen LogP contribution < -0.4 is 4.74 Å². The van der Waals surface area contributed by atoms with E-state index < -0.39 is 0 Å². The van der Waals surface area contributed by atoms with Crippen LogP contribution in [0.3, 0.4) is 0 Å². The Morgan fingerprint density at radius 2 is 1.75 bits per heavy atom. The van der Waals surface area contributed by atoms with Gasteiger partial charge in [0.1, 0.15) is 12.4 Å². The van der Waals surface area contributed by atoms with Gasteiger partial charge in [0.2, 0.25) is 0 Å². The molecule has 1 aromatic carbocycles. The van der Waals surface area contributed by atoms with E-state index in [0.717, 1.165) is 12.2 Å². The van der Waals surface area contributed by atoms with Gasteiger partial charge >= 0.3 is 0 Å². The highest BCUT2D eigenvalue weighted by atomic mass is 16.7. The topological polar surface area (TPSA) is 27.7 Å². The smallest absolute Gasteiger partial charge is 0.192 e. The molecule has 0 bridgehead atoms. The Kier molecular flexibility index (Phi) is 3.80. The lowest BCUT2D eigenvalue weighted by Gasteiger charge is -2.32. The molecule has 3 nitrogen and oxygen atoms in total. The molecule has 1 fully saturated rings. The summed E-state index contributed by atoms with van der Waals surface area (Å²) >= 11 is 0. The van der Waals surface area contributed by atoms with Crippen molar-refractivity contribution in [2.45, 2.75) is 38.8 Å². The van der Waals surface area contributed by atoms with Gasteiger partial charge in [-0.15, -0.1) is 0 Å². The average Bonchev–Trinajstić information content (AvgIpc) is 2.27. The minimum absolute atomic E-state index is 0.244. The Hall–Kier alpha value is -1.06. The molecule has 3 heteroatoms. The Morgan fingerprint density at radius 3 is 2.38 bits per heavy atom. The maximum absolute atomic E-state index is 5.63. The van der Waals surface area contributed by atoms with Crippen molar-refractivity contribution in [2.75, 3.05) is 6.61 Å². The highest BCUT2D eigenvalue weighted by Gasteiger charge is 2.25. The van der Waals surface area contributed by atoms with Gasteiger partial charge in [0.15, 0.2) is 6.29 Å². The standard InChI is InChI=1S/C13H18O3/c1-10-8-11(2)16-13(15-10)9-14-12-6-4-3-5-7-12/h3-7,10-11,13H,8-9H2,1-2H3. The number of benzene rings is 1. The van der Waals surface area contributed by atoms with Gasteiger partial charge < -0.3 is 14.2 Å². The van der Waals surface area contributed by atoms with Crippen LogP contribution in [0.2, 0.25) is 0 Å². The molecular weight excluding hydrogens is 204 g/mol.